The highest BCUT2D eigenvalue weighted by Crippen LogP contribution is 2.31. The Morgan fingerprint density at radius 3 is 2.86 bits per heavy atom. The number of carbonyl (C=O) groups excluding carboxylic acids is 1. The molecular formula is C17H25N3O2. The molecule has 22 heavy (non-hydrogen) atoms. The number of hydrogen-bond donors (Lipinski definition) is 3. The highest BCUT2D eigenvalue weighted by Gasteiger charge is 2.32. The standard InChI is InChI=1S/C17H25N3O2/c1-2-20(13-7-8-13)10-9-18-17(22)19-16-14-6-4-3-5-12(14)11-15(16)21/h3-6,13,15-16,21H,2,7-11H2,1H3,(H2,18,19,22)/t15-,16+/m0/s1. The third kappa shape index (κ3) is 3.42. The van der Waals surface area contributed by atoms with E-state index in [9.17, 15) is 9.90 Å². The van der Waals surface area contributed by atoms with Crippen LogP contribution in [0.2, 0.25) is 0 Å². The summed E-state index contributed by atoms with van der Waals surface area (Å²) in [6, 6.07) is 8.10. The van der Waals surface area contributed by atoms with Gasteiger partial charge in [-0.05, 0) is 30.5 Å². The van der Waals surface area contributed by atoms with E-state index in [1.54, 1.807) is 0 Å². The van der Waals surface area contributed by atoms with E-state index >= 15 is 0 Å². The van der Waals surface area contributed by atoms with Gasteiger partial charge in [0.2, 0.25) is 0 Å². The number of likely N-dealkylation sites (N-methyl/N-ethyl adjacent to an activating group) is 1. The van der Waals surface area contributed by atoms with Crippen LogP contribution in [0.1, 0.15) is 36.9 Å². The summed E-state index contributed by atoms with van der Waals surface area (Å²) in [4.78, 5) is 14.5. The molecule has 1 saturated carbocycles. The molecule has 2 atom stereocenters. The van der Waals surface area contributed by atoms with Gasteiger partial charge in [0.15, 0.2) is 0 Å². The summed E-state index contributed by atoms with van der Waals surface area (Å²) in [5.74, 6) is 0. The number of aliphatic hydroxyl groups excluding tert-OH is 1. The van der Waals surface area contributed by atoms with Crippen molar-refractivity contribution >= 4 is 6.03 Å². The molecule has 0 bridgehead atoms. The van der Waals surface area contributed by atoms with Crippen LogP contribution in [0.4, 0.5) is 4.79 Å². The summed E-state index contributed by atoms with van der Waals surface area (Å²) >= 11 is 0. The Labute approximate surface area is 131 Å². The summed E-state index contributed by atoms with van der Waals surface area (Å²) in [5, 5.41) is 15.9. The first-order valence-corrected chi connectivity index (χ1v) is 8.23. The van der Waals surface area contributed by atoms with Gasteiger partial charge in [0.1, 0.15) is 0 Å². The molecule has 0 radical (unpaired) electrons. The monoisotopic (exact) mass is 303 g/mol. The lowest BCUT2D eigenvalue weighted by atomic mass is 10.1. The Kier molecular flexibility index (Phi) is 4.64. The minimum atomic E-state index is -0.540. The maximum atomic E-state index is 12.1. The number of rotatable bonds is 6. The lowest BCUT2D eigenvalue weighted by Gasteiger charge is -2.21. The van der Waals surface area contributed by atoms with Crippen LogP contribution in [0.5, 0.6) is 0 Å². The second-order valence-electron chi connectivity index (χ2n) is 6.21. The number of fused-ring (bicyclic) bond motifs is 1. The van der Waals surface area contributed by atoms with Crippen LogP contribution >= 0.6 is 0 Å². The van der Waals surface area contributed by atoms with E-state index in [1.165, 1.54) is 12.8 Å². The lowest BCUT2D eigenvalue weighted by Crippen LogP contribution is -2.44. The van der Waals surface area contributed by atoms with Crippen molar-refractivity contribution in [3.63, 3.8) is 0 Å². The van der Waals surface area contributed by atoms with E-state index < -0.39 is 6.10 Å². The minimum absolute atomic E-state index is 0.201. The molecule has 5 nitrogen and oxygen atoms in total. The average Bonchev–Trinajstić information content (AvgIpc) is 3.30. The number of carbonyl (C=O) groups is 1. The number of nitrogens with one attached hydrogen (secondary N) is 2. The molecule has 0 aliphatic heterocycles. The van der Waals surface area contributed by atoms with Crippen molar-refractivity contribution in [3.05, 3.63) is 35.4 Å². The Balaban J connectivity index is 1.47. The van der Waals surface area contributed by atoms with Crippen LogP contribution in [0.25, 0.3) is 0 Å². The van der Waals surface area contributed by atoms with Crippen LogP contribution in [-0.2, 0) is 6.42 Å². The van der Waals surface area contributed by atoms with Crippen molar-refractivity contribution in [1.82, 2.24) is 15.5 Å². The Hall–Kier alpha value is -1.59. The first kappa shape index (κ1) is 15.3. The molecule has 3 N–H and O–H groups in total. The number of urea groups is 1. The maximum Gasteiger partial charge on any atom is 0.315 e. The fraction of sp³-hybridized carbons (Fsp3) is 0.588. The molecule has 1 aromatic rings. The van der Waals surface area contributed by atoms with Gasteiger partial charge in [0, 0.05) is 25.6 Å². The number of nitrogens with zero attached hydrogens (tertiary/aromatic N) is 1. The zero-order chi connectivity index (χ0) is 15.5. The molecule has 2 amide bonds. The molecule has 1 fully saturated rings. The Bertz CT molecular complexity index is 530. The van der Waals surface area contributed by atoms with Crippen molar-refractivity contribution in [1.29, 1.82) is 0 Å². The van der Waals surface area contributed by atoms with E-state index in [2.05, 4.69) is 22.5 Å². The van der Waals surface area contributed by atoms with Gasteiger partial charge in [0.25, 0.3) is 0 Å². The normalized spacial score (nSPS) is 23.4. The maximum absolute atomic E-state index is 12.1. The van der Waals surface area contributed by atoms with E-state index in [1.807, 2.05) is 24.3 Å². The molecule has 0 heterocycles. The van der Waals surface area contributed by atoms with Gasteiger partial charge in [-0.2, -0.15) is 0 Å². The summed E-state index contributed by atoms with van der Waals surface area (Å²) in [6.45, 7) is 4.71. The molecular weight excluding hydrogens is 278 g/mol. The topological polar surface area (TPSA) is 64.6 Å². The van der Waals surface area contributed by atoms with Gasteiger partial charge in [-0.1, -0.05) is 31.2 Å². The summed E-state index contributed by atoms with van der Waals surface area (Å²) < 4.78 is 0. The Morgan fingerprint density at radius 2 is 2.14 bits per heavy atom. The molecule has 3 rings (SSSR count). The summed E-state index contributed by atoms with van der Waals surface area (Å²) in [6.07, 6.45) is 2.63. The quantitative estimate of drug-likeness (QED) is 0.745. The second-order valence-corrected chi connectivity index (χ2v) is 6.21. The van der Waals surface area contributed by atoms with Crippen LogP contribution in [0.15, 0.2) is 24.3 Å². The molecule has 1 aromatic carbocycles. The van der Waals surface area contributed by atoms with Crippen molar-refractivity contribution in [3.8, 4) is 0 Å². The van der Waals surface area contributed by atoms with Crippen molar-refractivity contribution in [2.75, 3.05) is 19.6 Å². The molecule has 0 unspecified atom stereocenters. The first-order chi connectivity index (χ1) is 10.7. The van der Waals surface area contributed by atoms with Crippen LogP contribution in [0.3, 0.4) is 0 Å². The third-order valence-electron chi connectivity index (χ3n) is 4.64. The van der Waals surface area contributed by atoms with Gasteiger partial charge in [0.05, 0.1) is 12.1 Å². The molecule has 0 saturated heterocycles. The fourth-order valence-corrected chi connectivity index (χ4v) is 3.29. The molecule has 5 heteroatoms. The highest BCUT2D eigenvalue weighted by molar-refractivity contribution is 5.74. The number of hydrogen-bond acceptors (Lipinski definition) is 3. The predicted molar refractivity (Wildman–Crippen MR) is 85.7 cm³/mol. The van der Waals surface area contributed by atoms with E-state index in [4.69, 9.17) is 0 Å². The van der Waals surface area contributed by atoms with Gasteiger partial charge in [-0.3, -0.25) is 4.90 Å². The van der Waals surface area contributed by atoms with Crippen molar-refractivity contribution in [2.45, 2.75) is 44.4 Å². The second kappa shape index (κ2) is 6.67. The van der Waals surface area contributed by atoms with E-state index in [0.717, 1.165) is 30.3 Å². The van der Waals surface area contributed by atoms with Crippen molar-refractivity contribution < 1.29 is 9.90 Å². The van der Waals surface area contributed by atoms with Gasteiger partial charge < -0.3 is 15.7 Å². The average molecular weight is 303 g/mol. The van der Waals surface area contributed by atoms with Gasteiger partial charge in [-0.25, -0.2) is 4.79 Å². The molecule has 0 aromatic heterocycles. The summed E-state index contributed by atoms with van der Waals surface area (Å²) in [5.41, 5.74) is 2.14. The van der Waals surface area contributed by atoms with Gasteiger partial charge >= 0.3 is 6.03 Å². The Morgan fingerprint density at radius 1 is 1.36 bits per heavy atom. The molecule has 2 aliphatic rings. The largest absolute Gasteiger partial charge is 0.390 e. The van der Waals surface area contributed by atoms with Gasteiger partial charge in [-0.15, -0.1) is 0 Å². The molecule has 2 aliphatic carbocycles. The third-order valence-corrected chi connectivity index (χ3v) is 4.64. The zero-order valence-corrected chi connectivity index (χ0v) is 13.1. The highest BCUT2D eigenvalue weighted by atomic mass is 16.3. The van der Waals surface area contributed by atoms with Crippen molar-refractivity contribution in [2.24, 2.45) is 0 Å². The fourth-order valence-electron chi connectivity index (χ4n) is 3.29. The van der Waals surface area contributed by atoms with Crippen LogP contribution < -0.4 is 10.6 Å². The van der Waals surface area contributed by atoms with E-state index in [0.29, 0.717) is 13.0 Å². The SMILES string of the molecule is CCN(CCNC(=O)N[C@@H]1c2ccccc2C[C@@H]1O)C1CC1. The van der Waals surface area contributed by atoms with Crippen LogP contribution in [0, 0.1) is 0 Å². The number of amides is 2. The molecule has 0 spiro atoms. The summed E-state index contributed by atoms with van der Waals surface area (Å²) in [7, 11) is 0. The zero-order valence-electron chi connectivity index (χ0n) is 13.1. The predicted octanol–water partition coefficient (Wildman–Crippen LogP) is 1.43. The minimum Gasteiger partial charge on any atom is -0.390 e. The number of benzene rings is 1. The van der Waals surface area contributed by atoms with Crippen LogP contribution in [-0.4, -0.2) is 47.8 Å². The number of aliphatic hydroxyl groups is 1. The lowest BCUT2D eigenvalue weighted by molar-refractivity contribution is 0.142. The van der Waals surface area contributed by atoms with E-state index in [-0.39, 0.29) is 12.1 Å². The smallest absolute Gasteiger partial charge is 0.315 e. The molecule has 120 valence electrons. The first-order valence-electron chi connectivity index (χ1n) is 8.23.